The molecule has 146 valence electrons. The molecule has 1 N–H and O–H groups in total. The van der Waals surface area contributed by atoms with Gasteiger partial charge >= 0.3 is 6.03 Å². The smallest absolute Gasteiger partial charge is 0.319 e. The molecule has 1 atom stereocenters. The number of amides is 3. The highest BCUT2D eigenvalue weighted by Crippen LogP contribution is 2.32. The standard InChI is InChI=1S/C18H15Cl2N3O4S/c1-18(11-2-5-13(6-3-11)23(26)27)16(24)22(17(25)21-18)8-9-28-15-10-12(19)4-7-14(15)20/h2-7,10H,8-9H2,1H3,(H,21,25)/t18-/m0/s1. The summed E-state index contributed by atoms with van der Waals surface area (Å²) in [7, 11) is 0. The molecular weight excluding hydrogens is 425 g/mol. The van der Waals surface area contributed by atoms with Crippen LogP contribution in [0.4, 0.5) is 10.5 Å². The number of halogens is 2. The topological polar surface area (TPSA) is 92.6 Å². The number of nitro benzene ring substituents is 1. The summed E-state index contributed by atoms with van der Waals surface area (Å²) in [5.74, 6) is 0.0272. The average Bonchev–Trinajstić information content (AvgIpc) is 2.88. The summed E-state index contributed by atoms with van der Waals surface area (Å²) in [4.78, 5) is 37.4. The first-order chi connectivity index (χ1) is 13.2. The zero-order valence-electron chi connectivity index (χ0n) is 14.6. The van der Waals surface area contributed by atoms with Crippen LogP contribution in [-0.4, -0.2) is 34.1 Å². The van der Waals surface area contributed by atoms with Crippen LogP contribution in [-0.2, 0) is 10.3 Å². The minimum absolute atomic E-state index is 0.0872. The molecule has 1 fully saturated rings. The van der Waals surface area contributed by atoms with Gasteiger partial charge in [0, 0.05) is 34.3 Å². The fraction of sp³-hybridized carbons (Fsp3) is 0.222. The van der Waals surface area contributed by atoms with Gasteiger partial charge in [-0.15, -0.1) is 11.8 Å². The van der Waals surface area contributed by atoms with E-state index in [1.54, 1.807) is 25.1 Å². The third-order valence-electron chi connectivity index (χ3n) is 4.40. The van der Waals surface area contributed by atoms with Crippen LogP contribution in [0.15, 0.2) is 47.4 Å². The molecule has 1 aliphatic heterocycles. The maximum atomic E-state index is 12.9. The summed E-state index contributed by atoms with van der Waals surface area (Å²) in [6.45, 7) is 1.76. The molecule has 2 aromatic carbocycles. The number of imide groups is 1. The number of hydrogen-bond donors (Lipinski definition) is 1. The van der Waals surface area contributed by atoms with E-state index in [0.29, 0.717) is 21.4 Å². The van der Waals surface area contributed by atoms with Crippen molar-refractivity contribution in [3.8, 4) is 0 Å². The molecule has 2 aromatic rings. The van der Waals surface area contributed by atoms with Gasteiger partial charge in [-0.25, -0.2) is 4.79 Å². The lowest BCUT2D eigenvalue weighted by atomic mass is 9.92. The van der Waals surface area contributed by atoms with E-state index in [4.69, 9.17) is 23.2 Å². The second kappa shape index (κ2) is 7.98. The summed E-state index contributed by atoms with van der Waals surface area (Å²) in [6, 6.07) is 10.1. The lowest BCUT2D eigenvalue weighted by Crippen LogP contribution is -2.41. The molecule has 1 aliphatic rings. The quantitative estimate of drug-likeness (QED) is 0.310. The third-order valence-corrected chi connectivity index (χ3v) is 6.11. The van der Waals surface area contributed by atoms with Crippen LogP contribution in [0.25, 0.3) is 0 Å². The Kier molecular flexibility index (Phi) is 5.83. The molecule has 0 aromatic heterocycles. The molecule has 0 bridgehead atoms. The fourth-order valence-electron chi connectivity index (χ4n) is 2.85. The highest BCUT2D eigenvalue weighted by molar-refractivity contribution is 7.99. The molecule has 1 saturated heterocycles. The summed E-state index contributed by atoms with van der Waals surface area (Å²) in [5.41, 5.74) is -0.884. The highest BCUT2D eigenvalue weighted by Gasteiger charge is 2.48. The van der Waals surface area contributed by atoms with E-state index in [-0.39, 0.29) is 12.2 Å². The van der Waals surface area contributed by atoms with Gasteiger partial charge in [-0.1, -0.05) is 23.2 Å². The SMILES string of the molecule is C[C@@]1(c2ccc([N+](=O)[O-])cc2)NC(=O)N(CCSc2cc(Cl)ccc2Cl)C1=O. The number of thioether (sulfide) groups is 1. The first kappa shape index (κ1) is 20.4. The summed E-state index contributed by atoms with van der Waals surface area (Å²) in [6.07, 6.45) is 0. The molecule has 0 spiro atoms. The Morgan fingerprint density at radius 1 is 1.18 bits per heavy atom. The maximum absolute atomic E-state index is 12.9. The maximum Gasteiger partial charge on any atom is 0.325 e. The van der Waals surface area contributed by atoms with E-state index < -0.39 is 22.4 Å². The van der Waals surface area contributed by atoms with Crippen molar-refractivity contribution in [2.45, 2.75) is 17.4 Å². The molecule has 3 rings (SSSR count). The number of rotatable bonds is 6. The lowest BCUT2D eigenvalue weighted by Gasteiger charge is -2.22. The summed E-state index contributed by atoms with van der Waals surface area (Å²) in [5, 5.41) is 14.6. The zero-order chi connectivity index (χ0) is 20.5. The fourth-order valence-corrected chi connectivity index (χ4v) is 4.27. The predicted molar refractivity (Wildman–Crippen MR) is 108 cm³/mol. The summed E-state index contributed by atoms with van der Waals surface area (Å²) >= 11 is 13.5. The average molecular weight is 440 g/mol. The molecule has 1 heterocycles. The van der Waals surface area contributed by atoms with E-state index in [2.05, 4.69) is 5.32 Å². The lowest BCUT2D eigenvalue weighted by molar-refractivity contribution is -0.384. The van der Waals surface area contributed by atoms with Gasteiger partial charge < -0.3 is 5.32 Å². The van der Waals surface area contributed by atoms with Crippen LogP contribution in [0.1, 0.15) is 12.5 Å². The normalized spacial score (nSPS) is 19.0. The Bertz CT molecular complexity index is 954. The Labute approximate surface area is 175 Å². The van der Waals surface area contributed by atoms with Gasteiger partial charge in [0.25, 0.3) is 11.6 Å². The van der Waals surface area contributed by atoms with Gasteiger partial charge in [0.05, 0.1) is 9.95 Å². The van der Waals surface area contributed by atoms with Crippen LogP contribution < -0.4 is 5.32 Å². The number of carbonyl (C=O) groups excluding carboxylic acids is 2. The van der Waals surface area contributed by atoms with E-state index in [9.17, 15) is 19.7 Å². The molecule has 0 unspecified atom stereocenters. The molecule has 3 amide bonds. The van der Waals surface area contributed by atoms with Gasteiger partial charge in [0.15, 0.2) is 0 Å². The van der Waals surface area contributed by atoms with Crippen molar-refractivity contribution in [2.24, 2.45) is 0 Å². The van der Waals surface area contributed by atoms with Crippen LogP contribution in [0, 0.1) is 10.1 Å². The number of nitrogens with one attached hydrogen (secondary N) is 1. The van der Waals surface area contributed by atoms with Gasteiger partial charge in [-0.05, 0) is 42.8 Å². The molecule has 0 saturated carbocycles. The second-order valence-electron chi connectivity index (χ2n) is 6.24. The first-order valence-electron chi connectivity index (χ1n) is 8.19. The van der Waals surface area contributed by atoms with Crippen molar-refractivity contribution < 1.29 is 14.5 Å². The van der Waals surface area contributed by atoms with E-state index in [1.807, 2.05) is 0 Å². The van der Waals surface area contributed by atoms with Crippen LogP contribution in [0.2, 0.25) is 10.0 Å². The Morgan fingerprint density at radius 2 is 1.86 bits per heavy atom. The van der Waals surface area contributed by atoms with Crippen molar-refractivity contribution in [3.05, 3.63) is 68.2 Å². The van der Waals surface area contributed by atoms with Crippen LogP contribution in [0.3, 0.4) is 0 Å². The van der Waals surface area contributed by atoms with Crippen molar-refractivity contribution in [1.82, 2.24) is 10.2 Å². The number of non-ortho nitro benzene ring substituents is 1. The molecule has 28 heavy (non-hydrogen) atoms. The number of hydrogen-bond acceptors (Lipinski definition) is 5. The van der Waals surface area contributed by atoms with Gasteiger partial charge in [-0.2, -0.15) is 0 Å². The van der Waals surface area contributed by atoms with Crippen molar-refractivity contribution in [1.29, 1.82) is 0 Å². The largest absolute Gasteiger partial charge is 0.325 e. The van der Waals surface area contributed by atoms with E-state index in [0.717, 1.165) is 9.80 Å². The van der Waals surface area contributed by atoms with E-state index >= 15 is 0 Å². The van der Waals surface area contributed by atoms with Gasteiger partial charge in [0.2, 0.25) is 0 Å². The number of nitro groups is 1. The van der Waals surface area contributed by atoms with Crippen LogP contribution in [0.5, 0.6) is 0 Å². The van der Waals surface area contributed by atoms with Gasteiger partial charge in [0.1, 0.15) is 5.54 Å². The second-order valence-corrected chi connectivity index (χ2v) is 8.22. The molecule has 10 heteroatoms. The molecule has 0 radical (unpaired) electrons. The predicted octanol–water partition coefficient (Wildman–Crippen LogP) is 4.46. The number of urea groups is 1. The monoisotopic (exact) mass is 439 g/mol. The zero-order valence-corrected chi connectivity index (χ0v) is 17.0. The van der Waals surface area contributed by atoms with Crippen molar-refractivity contribution in [2.75, 3.05) is 12.3 Å². The Balaban J connectivity index is 1.70. The van der Waals surface area contributed by atoms with Gasteiger partial charge in [-0.3, -0.25) is 19.8 Å². The highest BCUT2D eigenvalue weighted by atomic mass is 35.5. The molecule has 7 nitrogen and oxygen atoms in total. The van der Waals surface area contributed by atoms with Crippen LogP contribution >= 0.6 is 35.0 Å². The minimum Gasteiger partial charge on any atom is -0.319 e. The number of carbonyl (C=O) groups is 2. The Morgan fingerprint density at radius 3 is 2.50 bits per heavy atom. The third kappa shape index (κ3) is 3.94. The first-order valence-corrected chi connectivity index (χ1v) is 9.93. The molecule has 0 aliphatic carbocycles. The summed E-state index contributed by atoms with van der Waals surface area (Å²) < 4.78 is 0. The van der Waals surface area contributed by atoms with Crippen molar-refractivity contribution in [3.63, 3.8) is 0 Å². The number of nitrogens with zero attached hydrogens (tertiary/aromatic N) is 2. The Hall–Kier alpha value is -2.29. The van der Waals surface area contributed by atoms with E-state index in [1.165, 1.54) is 36.0 Å². The number of benzene rings is 2. The molecular formula is C18H15Cl2N3O4S. The minimum atomic E-state index is -1.27. The van der Waals surface area contributed by atoms with Crippen molar-refractivity contribution >= 4 is 52.6 Å².